The maximum atomic E-state index is 11.6. The molecule has 0 fully saturated rings. The number of hydrogen-bond acceptors (Lipinski definition) is 3. The van der Waals surface area contributed by atoms with E-state index in [2.05, 4.69) is 17.1 Å². The van der Waals surface area contributed by atoms with Crippen LogP contribution in [0.3, 0.4) is 0 Å². The number of hydrogen-bond donors (Lipinski definition) is 0. The van der Waals surface area contributed by atoms with Crippen molar-refractivity contribution in [2.24, 2.45) is 10.9 Å². The van der Waals surface area contributed by atoms with Crippen LogP contribution in [0, 0.1) is 5.92 Å². The molecule has 1 unspecified atom stereocenters. The fourth-order valence-corrected chi connectivity index (χ4v) is 2.18. The molecule has 21 heavy (non-hydrogen) atoms. The quantitative estimate of drug-likeness (QED) is 0.587. The van der Waals surface area contributed by atoms with E-state index in [1.165, 1.54) is 6.21 Å². The molecular weight excluding hydrogens is 262 g/mol. The smallest absolute Gasteiger partial charge is 0.348 e. The monoisotopic (exact) mass is 283 g/mol. The van der Waals surface area contributed by atoms with Crippen molar-refractivity contribution in [3.8, 4) is 0 Å². The molecule has 1 aliphatic rings. The van der Waals surface area contributed by atoms with Gasteiger partial charge in [0, 0.05) is 0 Å². The first-order valence-electron chi connectivity index (χ1n) is 7.34. The lowest BCUT2D eigenvalue weighted by molar-refractivity contribution is -0.135. The van der Waals surface area contributed by atoms with Gasteiger partial charge in [0.25, 0.3) is 0 Å². The zero-order valence-corrected chi connectivity index (χ0v) is 12.3. The Bertz CT molecular complexity index is 531. The first-order valence-corrected chi connectivity index (χ1v) is 7.34. The zero-order valence-electron chi connectivity index (χ0n) is 12.3. The third kappa shape index (κ3) is 5.38. The van der Waals surface area contributed by atoms with Gasteiger partial charge in [-0.25, -0.2) is 4.79 Å². The fourth-order valence-electron chi connectivity index (χ4n) is 2.18. The molecule has 0 bridgehead atoms. The van der Waals surface area contributed by atoms with Gasteiger partial charge in [0.2, 0.25) is 0 Å². The number of benzene rings is 1. The van der Waals surface area contributed by atoms with Gasteiger partial charge in [0.1, 0.15) is 6.21 Å². The largest absolute Gasteiger partial charge is 0.461 e. The number of rotatable bonds is 6. The van der Waals surface area contributed by atoms with Crippen molar-refractivity contribution in [1.82, 2.24) is 0 Å². The molecule has 2 atom stereocenters. The second-order valence-corrected chi connectivity index (χ2v) is 5.13. The van der Waals surface area contributed by atoms with E-state index in [0.717, 1.165) is 18.4 Å². The van der Waals surface area contributed by atoms with E-state index in [-0.39, 0.29) is 12.0 Å². The zero-order chi connectivity index (χ0) is 14.9. The van der Waals surface area contributed by atoms with Crippen LogP contribution in [-0.4, -0.2) is 18.8 Å². The van der Waals surface area contributed by atoms with Crippen LogP contribution >= 0.6 is 0 Å². The topological polar surface area (TPSA) is 38.7 Å². The van der Waals surface area contributed by atoms with E-state index in [1.807, 2.05) is 49.4 Å². The Balaban J connectivity index is 1.70. The highest BCUT2D eigenvalue weighted by atomic mass is 16.5. The molecule has 1 aromatic rings. The lowest BCUT2D eigenvalue weighted by atomic mass is 9.98. The van der Waals surface area contributed by atoms with E-state index >= 15 is 0 Å². The summed E-state index contributed by atoms with van der Waals surface area (Å²) in [6.07, 6.45) is 11.5. The van der Waals surface area contributed by atoms with E-state index in [0.29, 0.717) is 12.5 Å². The number of carbonyl (C=O) groups excluding carboxylic acids is 1. The van der Waals surface area contributed by atoms with Crippen molar-refractivity contribution in [3.63, 3.8) is 0 Å². The first-order chi connectivity index (χ1) is 10.3. The van der Waals surface area contributed by atoms with Crippen LogP contribution in [0.1, 0.15) is 31.4 Å². The van der Waals surface area contributed by atoms with Gasteiger partial charge < -0.3 is 4.74 Å². The van der Waals surface area contributed by atoms with Crippen LogP contribution in [0.5, 0.6) is 0 Å². The Morgan fingerprint density at radius 1 is 1.38 bits per heavy atom. The van der Waals surface area contributed by atoms with Crippen molar-refractivity contribution in [3.05, 3.63) is 60.2 Å². The predicted octanol–water partition coefficient (Wildman–Crippen LogP) is 3.88. The van der Waals surface area contributed by atoms with Crippen LogP contribution in [0.15, 0.2) is 59.6 Å². The minimum absolute atomic E-state index is 0.0369. The van der Waals surface area contributed by atoms with Crippen molar-refractivity contribution in [2.45, 2.75) is 25.8 Å². The molecule has 0 N–H and O–H groups in total. The van der Waals surface area contributed by atoms with Crippen molar-refractivity contribution >= 4 is 12.2 Å². The Hall–Kier alpha value is -2.16. The van der Waals surface area contributed by atoms with Gasteiger partial charge >= 0.3 is 5.97 Å². The third-order valence-electron chi connectivity index (χ3n) is 3.49. The SMILES string of the molecule is C[C@H](/N=C/C(=O)OCCC1C=CC=CC1)c1ccccc1. The summed E-state index contributed by atoms with van der Waals surface area (Å²) < 4.78 is 5.18. The maximum absolute atomic E-state index is 11.6. The first kappa shape index (κ1) is 15.2. The van der Waals surface area contributed by atoms with Crippen LogP contribution in [0.2, 0.25) is 0 Å². The van der Waals surface area contributed by atoms with Crippen LogP contribution in [0.4, 0.5) is 0 Å². The Morgan fingerprint density at radius 2 is 2.19 bits per heavy atom. The molecule has 0 radical (unpaired) electrons. The van der Waals surface area contributed by atoms with Gasteiger partial charge in [0.05, 0.1) is 12.6 Å². The Kier molecular flexibility index (Phi) is 5.95. The van der Waals surface area contributed by atoms with Gasteiger partial charge in [-0.15, -0.1) is 0 Å². The van der Waals surface area contributed by atoms with Crippen LogP contribution in [-0.2, 0) is 9.53 Å². The summed E-state index contributed by atoms with van der Waals surface area (Å²) in [6.45, 7) is 2.39. The number of esters is 1. The molecule has 3 heteroatoms. The van der Waals surface area contributed by atoms with E-state index < -0.39 is 0 Å². The van der Waals surface area contributed by atoms with E-state index in [4.69, 9.17) is 4.74 Å². The summed E-state index contributed by atoms with van der Waals surface area (Å²) in [5, 5.41) is 0. The summed E-state index contributed by atoms with van der Waals surface area (Å²) in [4.78, 5) is 15.9. The van der Waals surface area contributed by atoms with Gasteiger partial charge in [-0.1, -0.05) is 54.6 Å². The summed E-state index contributed by atoms with van der Waals surface area (Å²) in [6, 6.07) is 9.85. The second kappa shape index (κ2) is 8.20. The molecular formula is C18H21NO2. The molecule has 2 rings (SSSR count). The minimum Gasteiger partial charge on any atom is -0.461 e. The van der Waals surface area contributed by atoms with Gasteiger partial charge in [-0.3, -0.25) is 4.99 Å². The molecule has 0 aliphatic heterocycles. The Labute approximate surface area is 126 Å². The molecule has 0 amide bonds. The highest BCUT2D eigenvalue weighted by Gasteiger charge is 2.07. The van der Waals surface area contributed by atoms with Crippen LogP contribution < -0.4 is 0 Å². The summed E-state index contributed by atoms with van der Waals surface area (Å²) in [7, 11) is 0. The summed E-state index contributed by atoms with van der Waals surface area (Å²) in [5.41, 5.74) is 1.08. The third-order valence-corrected chi connectivity index (χ3v) is 3.49. The van der Waals surface area contributed by atoms with Gasteiger partial charge in [-0.2, -0.15) is 0 Å². The predicted molar refractivity (Wildman–Crippen MR) is 85.3 cm³/mol. The highest BCUT2D eigenvalue weighted by Crippen LogP contribution is 2.16. The highest BCUT2D eigenvalue weighted by molar-refractivity contribution is 6.23. The van der Waals surface area contributed by atoms with Crippen molar-refractivity contribution in [1.29, 1.82) is 0 Å². The van der Waals surface area contributed by atoms with E-state index in [1.54, 1.807) is 0 Å². The molecule has 1 aliphatic carbocycles. The molecule has 0 aromatic heterocycles. The lowest BCUT2D eigenvalue weighted by Crippen LogP contribution is -2.10. The van der Waals surface area contributed by atoms with Crippen molar-refractivity contribution in [2.75, 3.05) is 6.61 Å². The molecule has 1 aromatic carbocycles. The number of nitrogens with zero attached hydrogens (tertiary/aromatic N) is 1. The number of aliphatic imine (C=N–C) groups is 1. The fraction of sp³-hybridized carbons (Fsp3) is 0.333. The second-order valence-electron chi connectivity index (χ2n) is 5.13. The Morgan fingerprint density at radius 3 is 2.90 bits per heavy atom. The summed E-state index contributed by atoms with van der Waals surface area (Å²) in [5.74, 6) is 0.107. The van der Waals surface area contributed by atoms with Crippen LogP contribution in [0.25, 0.3) is 0 Å². The van der Waals surface area contributed by atoms with Crippen molar-refractivity contribution < 1.29 is 9.53 Å². The average Bonchev–Trinajstić information content (AvgIpc) is 2.54. The summed E-state index contributed by atoms with van der Waals surface area (Å²) >= 11 is 0. The lowest BCUT2D eigenvalue weighted by Gasteiger charge is -2.12. The molecule has 0 heterocycles. The standard InChI is InChI=1S/C18H21NO2/c1-15(17-10-6-3-7-11-17)19-14-18(20)21-13-12-16-8-4-2-5-9-16/h2-8,10-11,14-16H,9,12-13H2,1H3/b19-14+/t15-,16?/m0/s1. The minimum atomic E-state index is -0.367. The van der Waals surface area contributed by atoms with Gasteiger partial charge in [-0.05, 0) is 31.2 Å². The molecule has 0 saturated carbocycles. The maximum Gasteiger partial charge on any atom is 0.348 e. The number of ether oxygens (including phenoxy) is 1. The molecule has 3 nitrogen and oxygen atoms in total. The average molecular weight is 283 g/mol. The molecule has 110 valence electrons. The molecule has 0 saturated heterocycles. The van der Waals surface area contributed by atoms with E-state index in [9.17, 15) is 4.79 Å². The number of allylic oxidation sites excluding steroid dienone is 4. The molecule has 0 spiro atoms. The normalized spacial score (nSPS) is 18.8. The van der Waals surface area contributed by atoms with Gasteiger partial charge in [0.15, 0.2) is 0 Å². The number of carbonyl (C=O) groups is 1.